The fourth-order valence-electron chi connectivity index (χ4n) is 3.11. The summed E-state index contributed by atoms with van der Waals surface area (Å²) < 4.78 is 5.77. The van der Waals surface area contributed by atoms with E-state index in [1.54, 1.807) is 12.1 Å². The highest BCUT2D eigenvalue weighted by Gasteiger charge is 2.23. The van der Waals surface area contributed by atoms with Crippen LogP contribution in [0.4, 0.5) is 0 Å². The first kappa shape index (κ1) is 20.0. The van der Waals surface area contributed by atoms with Gasteiger partial charge in [-0.15, -0.1) is 0 Å². The molecule has 26 heavy (non-hydrogen) atoms. The van der Waals surface area contributed by atoms with Crippen molar-refractivity contribution in [1.82, 2.24) is 10.6 Å². The summed E-state index contributed by atoms with van der Waals surface area (Å²) in [6.07, 6.45) is 5.10. The molecule has 2 amide bonds. The summed E-state index contributed by atoms with van der Waals surface area (Å²) in [6, 6.07) is 7.12. The molecule has 1 heterocycles. The summed E-state index contributed by atoms with van der Waals surface area (Å²) in [6.45, 7) is 9.02. The van der Waals surface area contributed by atoms with E-state index in [1.807, 2.05) is 38.1 Å². The molecule has 1 aliphatic heterocycles. The zero-order chi connectivity index (χ0) is 19.2. The normalized spacial score (nSPS) is 22.4. The van der Waals surface area contributed by atoms with Gasteiger partial charge >= 0.3 is 0 Å². The SMILES string of the molecule is CC(C)C[C@H]1CNC(=O)c2ccccc2OC/C=C/C(C)(C)CC(=O)N1. The minimum absolute atomic E-state index is 0.00192. The highest BCUT2D eigenvalue weighted by atomic mass is 16.5. The number of benzene rings is 1. The average Bonchev–Trinajstić information content (AvgIpc) is 2.55. The summed E-state index contributed by atoms with van der Waals surface area (Å²) >= 11 is 0. The van der Waals surface area contributed by atoms with E-state index in [0.29, 0.717) is 36.8 Å². The topological polar surface area (TPSA) is 67.4 Å². The Balaban J connectivity index is 2.26. The molecule has 0 saturated carbocycles. The molecule has 5 nitrogen and oxygen atoms in total. The van der Waals surface area contributed by atoms with Crippen molar-refractivity contribution in [3.05, 3.63) is 42.0 Å². The van der Waals surface area contributed by atoms with E-state index < -0.39 is 0 Å². The van der Waals surface area contributed by atoms with Crippen molar-refractivity contribution in [2.75, 3.05) is 13.2 Å². The molecule has 5 heteroatoms. The third-order valence-electron chi connectivity index (χ3n) is 4.28. The van der Waals surface area contributed by atoms with Crippen LogP contribution in [0.25, 0.3) is 0 Å². The predicted molar refractivity (Wildman–Crippen MR) is 103 cm³/mol. The first-order valence-electron chi connectivity index (χ1n) is 9.24. The van der Waals surface area contributed by atoms with Crippen molar-refractivity contribution in [2.24, 2.45) is 11.3 Å². The first-order chi connectivity index (χ1) is 12.3. The van der Waals surface area contributed by atoms with Gasteiger partial charge in [0.25, 0.3) is 5.91 Å². The Morgan fingerprint density at radius 3 is 2.69 bits per heavy atom. The number of nitrogens with one attached hydrogen (secondary N) is 2. The molecule has 0 fully saturated rings. The minimum atomic E-state index is -0.261. The highest BCUT2D eigenvalue weighted by Crippen LogP contribution is 2.23. The largest absolute Gasteiger partial charge is 0.489 e. The molecule has 2 rings (SSSR count). The molecule has 0 aromatic heterocycles. The number of amides is 2. The second kappa shape index (κ2) is 8.88. The first-order valence-corrected chi connectivity index (χ1v) is 9.24. The number of fused-ring (bicyclic) bond motifs is 1. The number of rotatable bonds is 2. The number of carbonyl (C=O) groups excluding carboxylic acids is 2. The Kier molecular flexibility index (Phi) is 6.83. The van der Waals surface area contributed by atoms with Gasteiger partial charge in [0.1, 0.15) is 12.4 Å². The standard InChI is InChI=1S/C21H30N2O3/c1-15(2)12-16-14-22-20(25)17-8-5-6-9-18(17)26-11-7-10-21(3,4)13-19(24)23-16/h5-10,15-16H,11-14H2,1-4H3,(H,22,25)(H,23,24)/b10-7+/t16-/m0/s1. The van der Waals surface area contributed by atoms with Gasteiger partial charge in [-0.3, -0.25) is 9.59 Å². The zero-order valence-corrected chi connectivity index (χ0v) is 16.2. The van der Waals surface area contributed by atoms with Crippen LogP contribution in [0.2, 0.25) is 0 Å². The van der Waals surface area contributed by atoms with Crippen molar-refractivity contribution in [3.63, 3.8) is 0 Å². The van der Waals surface area contributed by atoms with Gasteiger partial charge < -0.3 is 15.4 Å². The van der Waals surface area contributed by atoms with Crippen molar-refractivity contribution >= 4 is 11.8 Å². The van der Waals surface area contributed by atoms with Crippen molar-refractivity contribution in [2.45, 2.75) is 46.6 Å². The van der Waals surface area contributed by atoms with Gasteiger partial charge in [-0.1, -0.05) is 52.0 Å². The lowest BCUT2D eigenvalue weighted by molar-refractivity contribution is -0.123. The smallest absolute Gasteiger partial charge is 0.255 e. The number of allylic oxidation sites excluding steroid dienone is 1. The lowest BCUT2D eigenvalue weighted by Crippen LogP contribution is -2.45. The Labute approximate surface area is 156 Å². The fraction of sp³-hybridized carbons (Fsp3) is 0.524. The quantitative estimate of drug-likeness (QED) is 0.797. The molecule has 1 aliphatic rings. The second-order valence-corrected chi connectivity index (χ2v) is 7.98. The lowest BCUT2D eigenvalue weighted by Gasteiger charge is -2.25. The van der Waals surface area contributed by atoms with Crippen LogP contribution < -0.4 is 15.4 Å². The van der Waals surface area contributed by atoms with Crippen molar-refractivity contribution in [1.29, 1.82) is 0 Å². The van der Waals surface area contributed by atoms with E-state index in [0.717, 1.165) is 6.42 Å². The number of carbonyl (C=O) groups is 2. The second-order valence-electron chi connectivity index (χ2n) is 7.98. The molecular formula is C21H30N2O3. The molecular weight excluding hydrogens is 328 g/mol. The van der Waals surface area contributed by atoms with E-state index in [-0.39, 0.29) is 23.3 Å². The van der Waals surface area contributed by atoms with Crippen LogP contribution in [0.3, 0.4) is 0 Å². The van der Waals surface area contributed by atoms with Gasteiger partial charge in [-0.25, -0.2) is 0 Å². The van der Waals surface area contributed by atoms with Crippen LogP contribution in [0.5, 0.6) is 5.75 Å². The fourth-order valence-corrected chi connectivity index (χ4v) is 3.11. The summed E-state index contributed by atoms with van der Waals surface area (Å²) in [4.78, 5) is 25.0. The third-order valence-corrected chi connectivity index (χ3v) is 4.28. The van der Waals surface area contributed by atoms with Gasteiger partial charge in [0.05, 0.1) is 5.56 Å². The minimum Gasteiger partial charge on any atom is -0.489 e. The maximum atomic E-state index is 12.6. The summed E-state index contributed by atoms with van der Waals surface area (Å²) in [7, 11) is 0. The van der Waals surface area contributed by atoms with Crippen LogP contribution in [-0.4, -0.2) is 31.0 Å². The maximum Gasteiger partial charge on any atom is 0.255 e. The van der Waals surface area contributed by atoms with Crippen LogP contribution in [-0.2, 0) is 4.79 Å². The molecule has 142 valence electrons. The molecule has 1 atom stereocenters. The number of para-hydroxylation sites is 1. The summed E-state index contributed by atoms with van der Waals surface area (Å²) in [5.74, 6) is 0.788. The summed E-state index contributed by atoms with van der Waals surface area (Å²) in [5, 5.41) is 6.02. The Bertz CT molecular complexity index is 665. The average molecular weight is 358 g/mol. The Hall–Kier alpha value is -2.30. The van der Waals surface area contributed by atoms with E-state index in [4.69, 9.17) is 4.74 Å². The molecule has 0 aliphatic carbocycles. The van der Waals surface area contributed by atoms with Crippen LogP contribution in [0.1, 0.15) is 50.9 Å². The Morgan fingerprint density at radius 1 is 1.23 bits per heavy atom. The molecule has 2 N–H and O–H groups in total. The number of hydrogen-bond acceptors (Lipinski definition) is 3. The van der Waals surface area contributed by atoms with Gasteiger partial charge in [-0.2, -0.15) is 0 Å². The lowest BCUT2D eigenvalue weighted by atomic mass is 9.88. The maximum absolute atomic E-state index is 12.6. The van der Waals surface area contributed by atoms with Gasteiger partial charge in [0.2, 0.25) is 5.91 Å². The molecule has 0 bridgehead atoms. The van der Waals surface area contributed by atoms with Crippen LogP contribution in [0.15, 0.2) is 36.4 Å². The van der Waals surface area contributed by atoms with Gasteiger partial charge in [-0.05, 0) is 29.9 Å². The van der Waals surface area contributed by atoms with Crippen molar-refractivity contribution < 1.29 is 14.3 Å². The zero-order valence-electron chi connectivity index (χ0n) is 16.2. The van der Waals surface area contributed by atoms with E-state index in [1.165, 1.54) is 0 Å². The molecule has 0 radical (unpaired) electrons. The summed E-state index contributed by atoms with van der Waals surface area (Å²) in [5.41, 5.74) is 0.245. The van der Waals surface area contributed by atoms with Gasteiger partial charge in [0, 0.05) is 19.0 Å². The van der Waals surface area contributed by atoms with Gasteiger partial charge in [0.15, 0.2) is 0 Å². The molecule has 1 aromatic rings. The Morgan fingerprint density at radius 2 is 1.96 bits per heavy atom. The molecule has 0 spiro atoms. The number of hydrogen-bond donors (Lipinski definition) is 2. The molecule has 0 saturated heterocycles. The van der Waals surface area contributed by atoms with Crippen LogP contribution in [0, 0.1) is 11.3 Å². The molecule has 0 unspecified atom stereocenters. The predicted octanol–water partition coefficient (Wildman–Crippen LogP) is 3.31. The monoisotopic (exact) mass is 358 g/mol. The van der Waals surface area contributed by atoms with E-state index in [2.05, 4.69) is 24.5 Å². The highest BCUT2D eigenvalue weighted by molar-refractivity contribution is 5.97. The van der Waals surface area contributed by atoms with Crippen LogP contribution >= 0.6 is 0 Å². The molecule has 1 aromatic carbocycles. The van der Waals surface area contributed by atoms with E-state index in [9.17, 15) is 9.59 Å². The van der Waals surface area contributed by atoms with E-state index >= 15 is 0 Å². The van der Waals surface area contributed by atoms with Crippen molar-refractivity contribution in [3.8, 4) is 5.75 Å². The number of ether oxygens (including phenoxy) is 1. The third kappa shape index (κ3) is 6.21.